The molecule has 0 atom stereocenters. The van der Waals surface area contributed by atoms with E-state index in [1.165, 1.54) is 0 Å². The molecule has 0 N–H and O–H groups in total. The summed E-state index contributed by atoms with van der Waals surface area (Å²) in [5.74, 6) is 1.37. The maximum Gasteiger partial charge on any atom is 0.175 e. The first-order valence-corrected chi connectivity index (χ1v) is 8.23. The average molecular weight is 421 g/mol. The van der Waals surface area contributed by atoms with Crippen molar-refractivity contribution in [3.05, 3.63) is 57.0 Å². The van der Waals surface area contributed by atoms with Gasteiger partial charge in [-0.05, 0) is 39.7 Å². The molecule has 0 amide bonds. The van der Waals surface area contributed by atoms with E-state index in [0.717, 1.165) is 20.9 Å². The van der Waals surface area contributed by atoms with E-state index in [1.807, 2.05) is 36.4 Å². The van der Waals surface area contributed by atoms with Gasteiger partial charge in [0.2, 0.25) is 0 Å². The Balaban J connectivity index is 2.23. The minimum absolute atomic E-state index is 0.391. The van der Waals surface area contributed by atoms with E-state index in [4.69, 9.17) is 21.1 Å². The number of rotatable bonds is 5. The van der Waals surface area contributed by atoms with Crippen LogP contribution in [-0.4, -0.2) is 7.11 Å². The number of hydrogen-bond acceptors (Lipinski definition) is 2. The molecule has 0 unspecified atom stereocenters. The molecule has 2 rings (SSSR count). The highest BCUT2D eigenvalue weighted by Gasteiger charge is 2.12. The normalized spacial score (nSPS) is 10.4. The van der Waals surface area contributed by atoms with Gasteiger partial charge in [0.25, 0.3) is 0 Å². The SMILES string of the molecule is COc1cc(CBr)cc(Br)c1OCc1ccccc1Cl. The van der Waals surface area contributed by atoms with Crippen LogP contribution < -0.4 is 9.47 Å². The molecule has 2 aromatic carbocycles. The van der Waals surface area contributed by atoms with E-state index in [0.29, 0.717) is 23.1 Å². The van der Waals surface area contributed by atoms with Crippen LogP contribution in [0.1, 0.15) is 11.1 Å². The van der Waals surface area contributed by atoms with Crippen molar-refractivity contribution in [1.82, 2.24) is 0 Å². The Kier molecular flexibility index (Phi) is 5.75. The summed E-state index contributed by atoms with van der Waals surface area (Å²) in [4.78, 5) is 0. The maximum absolute atomic E-state index is 6.12. The third kappa shape index (κ3) is 3.68. The maximum atomic E-state index is 6.12. The lowest BCUT2D eigenvalue weighted by molar-refractivity contribution is 0.282. The summed E-state index contributed by atoms with van der Waals surface area (Å²) >= 11 is 13.1. The van der Waals surface area contributed by atoms with Gasteiger partial charge in [-0.15, -0.1) is 0 Å². The quantitative estimate of drug-likeness (QED) is 0.588. The number of ether oxygens (including phenoxy) is 2. The van der Waals surface area contributed by atoms with Crippen LogP contribution in [0.15, 0.2) is 40.9 Å². The van der Waals surface area contributed by atoms with Crippen LogP contribution in [0.3, 0.4) is 0 Å². The summed E-state index contributed by atoms with van der Waals surface area (Å²) in [7, 11) is 1.63. The predicted octanol–water partition coefficient (Wildman–Crippen LogP) is 5.59. The Morgan fingerprint density at radius 2 is 1.95 bits per heavy atom. The molecule has 0 fully saturated rings. The van der Waals surface area contributed by atoms with E-state index < -0.39 is 0 Å². The lowest BCUT2D eigenvalue weighted by Gasteiger charge is -2.14. The Labute approximate surface area is 140 Å². The van der Waals surface area contributed by atoms with Gasteiger partial charge < -0.3 is 9.47 Å². The van der Waals surface area contributed by atoms with Crippen molar-refractivity contribution in [3.63, 3.8) is 0 Å². The van der Waals surface area contributed by atoms with Crippen LogP contribution in [0.4, 0.5) is 0 Å². The zero-order valence-corrected chi connectivity index (χ0v) is 14.8. The number of hydrogen-bond donors (Lipinski definition) is 0. The lowest BCUT2D eigenvalue weighted by atomic mass is 10.2. The number of benzene rings is 2. The van der Waals surface area contributed by atoms with Gasteiger partial charge in [0.15, 0.2) is 11.5 Å². The highest BCUT2D eigenvalue weighted by atomic mass is 79.9. The van der Waals surface area contributed by atoms with Gasteiger partial charge in [-0.1, -0.05) is 45.7 Å². The molecular weight excluding hydrogens is 407 g/mol. The molecule has 20 heavy (non-hydrogen) atoms. The van der Waals surface area contributed by atoms with Crippen LogP contribution in [0.25, 0.3) is 0 Å². The molecule has 0 aromatic heterocycles. The Morgan fingerprint density at radius 3 is 2.60 bits per heavy atom. The molecule has 0 saturated heterocycles. The summed E-state index contributed by atoms with van der Waals surface area (Å²) in [5, 5.41) is 1.45. The second-order valence-electron chi connectivity index (χ2n) is 4.12. The Bertz CT molecular complexity index is 602. The molecule has 0 radical (unpaired) electrons. The Hall–Kier alpha value is -0.710. The summed E-state index contributed by atoms with van der Waals surface area (Å²) in [6.07, 6.45) is 0. The fourth-order valence-corrected chi connectivity index (χ4v) is 2.87. The van der Waals surface area contributed by atoms with Crippen LogP contribution in [0, 0.1) is 0 Å². The minimum Gasteiger partial charge on any atom is -0.493 e. The molecule has 2 nitrogen and oxygen atoms in total. The predicted molar refractivity (Wildman–Crippen MR) is 89.1 cm³/mol. The molecule has 2 aromatic rings. The van der Waals surface area contributed by atoms with E-state index in [9.17, 15) is 0 Å². The van der Waals surface area contributed by atoms with Gasteiger partial charge in [0, 0.05) is 15.9 Å². The van der Waals surface area contributed by atoms with Crippen LogP contribution in [0.5, 0.6) is 11.5 Å². The third-order valence-corrected chi connectivity index (χ3v) is 4.38. The third-order valence-electron chi connectivity index (χ3n) is 2.77. The first-order chi connectivity index (χ1) is 9.65. The summed E-state index contributed by atoms with van der Waals surface area (Å²) < 4.78 is 12.1. The van der Waals surface area contributed by atoms with Crippen molar-refractivity contribution in [2.75, 3.05) is 7.11 Å². The topological polar surface area (TPSA) is 18.5 Å². The van der Waals surface area contributed by atoms with Gasteiger partial charge >= 0.3 is 0 Å². The molecule has 0 bridgehead atoms. The van der Waals surface area contributed by atoms with E-state index in [-0.39, 0.29) is 0 Å². The molecule has 106 valence electrons. The zero-order chi connectivity index (χ0) is 14.5. The van der Waals surface area contributed by atoms with Crippen LogP contribution >= 0.6 is 43.5 Å². The van der Waals surface area contributed by atoms with Gasteiger partial charge in [-0.3, -0.25) is 0 Å². The smallest absolute Gasteiger partial charge is 0.175 e. The highest BCUT2D eigenvalue weighted by molar-refractivity contribution is 9.10. The minimum atomic E-state index is 0.391. The van der Waals surface area contributed by atoms with Crippen LogP contribution in [0.2, 0.25) is 5.02 Å². The lowest BCUT2D eigenvalue weighted by Crippen LogP contribution is -2.00. The highest BCUT2D eigenvalue weighted by Crippen LogP contribution is 2.37. The number of halogens is 3. The molecule has 0 spiro atoms. The van der Waals surface area contributed by atoms with Gasteiger partial charge in [0.05, 0.1) is 11.6 Å². The van der Waals surface area contributed by atoms with Crippen molar-refractivity contribution in [3.8, 4) is 11.5 Å². The second kappa shape index (κ2) is 7.34. The molecule has 5 heteroatoms. The van der Waals surface area contributed by atoms with Crippen molar-refractivity contribution in [1.29, 1.82) is 0 Å². The van der Waals surface area contributed by atoms with E-state index in [2.05, 4.69) is 31.9 Å². The first kappa shape index (κ1) is 15.7. The van der Waals surface area contributed by atoms with E-state index in [1.54, 1.807) is 7.11 Å². The van der Waals surface area contributed by atoms with Crippen LogP contribution in [-0.2, 0) is 11.9 Å². The molecule has 0 aliphatic carbocycles. The molecule has 0 saturated carbocycles. The van der Waals surface area contributed by atoms with Crippen molar-refractivity contribution in [2.24, 2.45) is 0 Å². The first-order valence-electron chi connectivity index (χ1n) is 5.94. The standard InChI is InChI=1S/C15H13Br2ClO2/c1-19-14-7-10(8-16)6-12(17)15(14)20-9-11-4-2-3-5-13(11)18/h2-7H,8-9H2,1H3. The summed E-state index contributed by atoms with van der Waals surface area (Å²) in [6, 6.07) is 11.6. The van der Waals surface area contributed by atoms with Gasteiger partial charge in [-0.25, -0.2) is 0 Å². The number of methoxy groups -OCH3 is 1. The van der Waals surface area contributed by atoms with Gasteiger partial charge in [0.1, 0.15) is 6.61 Å². The van der Waals surface area contributed by atoms with Crippen molar-refractivity contribution in [2.45, 2.75) is 11.9 Å². The zero-order valence-electron chi connectivity index (χ0n) is 10.8. The van der Waals surface area contributed by atoms with Crippen molar-refractivity contribution >= 4 is 43.5 Å². The largest absolute Gasteiger partial charge is 0.493 e. The van der Waals surface area contributed by atoms with Crippen molar-refractivity contribution < 1.29 is 9.47 Å². The summed E-state index contributed by atoms with van der Waals surface area (Å²) in [5.41, 5.74) is 2.05. The molecule has 0 aliphatic heterocycles. The second-order valence-corrected chi connectivity index (χ2v) is 5.95. The molecular formula is C15H13Br2ClO2. The molecule has 0 aliphatic rings. The van der Waals surface area contributed by atoms with E-state index >= 15 is 0 Å². The number of alkyl halides is 1. The fraction of sp³-hybridized carbons (Fsp3) is 0.200. The Morgan fingerprint density at radius 1 is 1.20 bits per heavy atom. The summed E-state index contributed by atoms with van der Waals surface area (Å²) in [6.45, 7) is 0.391. The van der Waals surface area contributed by atoms with Gasteiger partial charge in [-0.2, -0.15) is 0 Å². The molecule has 0 heterocycles. The fourth-order valence-electron chi connectivity index (χ4n) is 1.76. The monoisotopic (exact) mass is 418 g/mol. The average Bonchev–Trinajstić information content (AvgIpc) is 2.46.